The van der Waals surface area contributed by atoms with Crippen LogP contribution in [0.4, 0.5) is 5.69 Å². The van der Waals surface area contributed by atoms with Crippen LogP contribution >= 0.6 is 11.6 Å². The van der Waals surface area contributed by atoms with Crippen molar-refractivity contribution in [2.24, 2.45) is 0 Å². The smallest absolute Gasteiger partial charge is 0.244 e. The van der Waals surface area contributed by atoms with Crippen LogP contribution in [0.5, 0.6) is 11.5 Å². The minimum absolute atomic E-state index is 0.0290. The highest BCUT2D eigenvalue weighted by molar-refractivity contribution is 7.92. The Balaban J connectivity index is 1.73. The van der Waals surface area contributed by atoms with E-state index >= 15 is 0 Å². The maximum absolute atomic E-state index is 14.3. The minimum Gasteiger partial charge on any atom is -0.493 e. The van der Waals surface area contributed by atoms with E-state index in [4.69, 9.17) is 21.1 Å². The van der Waals surface area contributed by atoms with Gasteiger partial charge in [0.2, 0.25) is 21.8 Å². The van der Waals surface area contributed by atoms with Gasteiger partial charge in [0.25, 0.3) is 0 Å². The van der Waals surface area contributed by atoms with E-state index in [-0.39, 0.29) is 30.6 Å². The number of rotatable bonds is 13. The van der Waals surface area contributed by atoms with Gasteiger partial charge in [-0.1, -0.05) is 73.3 Å². The van der Waals surface area contributed by atoms with Gasteiger partial charge in [-0.2, -0.15) is 0 Å². The van der Waals surface area contributed by atoms with E-state index in [0.29, 0.717) is 16.5 Å². The monoisotopic (exact) mass is 641 g/mol. The molecular weight excluding hydrogens is 602 g/mol. The van der Waals surface area contributed by atoms with E-state index in [1.54, 1.807) is 36.4 Å². The summed E-state index contributed by atoms with van der Waals surface area (Å²) >= 11 is 6.14. The molecule has 0 heterocycles. The van der Waals surface area contributed by atoms with Crippen LogP contribution in [0.1, 0.15) is 43.2 Å². The second kappa shape index (κ2) is 15.3. The third-order valence-electron chi connectivity index (χ3n) is 7.82. The first kappa shape index (κ1) is 33.1. The summed E-state index contributed by atoms with van der Waals surface area (Å²) in [5.41, 5.74) is 1.87. The number of hydrogen-bond acceptors (Lipinski definition) is 6. The van der Waals surface area contributed by atoms with Crippen molar-refractivity contribution in [3.63, 3.8) is 0 Å². The second-order valence-electron chi connectivity index (χ2n) is 11.0. The Kier molecular flexibility index (Phi) is 11.5. The second-order valence-corrected chi connectivity index (χ2v) is 13.3. The molecule has 1 atom stereocenters. The number of anilines is 1. The lowest BCUT2D eigenvalue weighted by molar-refractivity contribution is -0.140. The molecule has 236 valence electrons. The largest absolute Gasteiger partial charge is 0.493 e. The minimum atomic E-state index is -3.93. The number of amides is 2. The van der Waals surface area contributed by atoms with Gasteiger partial charge >= 0.3 is 0 Å². The van der Waals surface area contributed by atoms with Gasteiger partial charge in [0.15, 0.2) is 11.5 Å². The summed E-state index contributed by atoms with van der Waals surface area (Å²) < 4.78 is 37.9. The van der Waals surface area contributed by atoms with E-state index in [1.165, 1.54) is 25.2 Å². The lowest BCUT2D eigenvalue weighted by atomic mass is 9.94. The number of nitrogens with one attached hydrogen (secondary N) is 1. The average Bonchev–Trinajstić information content (AvgIpc) is 3.02. The van der Waals surface area contributed by atoms with Crippen molar-refractivity contribution >= 4 is 39.1 Å². The van der Waals surface area contributed by atoms with Gasteiger partial charge < -0.3 is 19.7 Å². The Morgan fingerprint density at radius 1 is 0.909 bits per heavy atom. The normalized spacial score (nSPS) is 14.4. The number of sulfonamides is 1. The number of nitrogens with zero attached hydrogens (tertiary/aromatic N) is 2. The maximum Gasteiger partial charge on any atom is 0.244 e. The molecule has 0 spiro atoms. The molecule has 0 radical (unpaired) electrons. The topological polar surface area (TPSA) is 105 Å². The first-order valence-corrected chi connectivity index (χ1v) is 16.9. The molecule has 9 nitrogen and oxygen atoms in total. The van der Waals surface area contributed by atoms with Crippen LogP contribution in [0.3, 0.4) is 0 Å². The van der Waals surface area contributed by atoms with Crippen LogP contribution < -0.4 is 19.1 Å². The molecule has 0 saturated heterocycles. The summed E-state index contributed by atoms with van der Waals surface area (Å²) in [5.74, 6) is -0.0550. The molecule has 1 N–H and O–H groups in total. The number of carbonyl (C=O) groups is 2. The van der Waals surface area contributed by atoms with Crippen LogP contribution in [0.2, 0.25) is 5.02 Å². The Bertz CT molecular complexity index is 1510. The summed E-state index contributed by atoms with van der Waals surface area (Å²) in [5, 5.41) is 3.74. The van der Waals surface area contributed by atoms with E-state index < -0.39 is 28.5 Å². The van der Waals surface area contributed by atoms with Gasteiger partial charge in [-0.3, -0.25) is 13.9 Å². The number of benzene rings is 3. The number of ether oxygens (including phenoxy) is 2. The quantitative estimate of drug-likeness (QED) is 0.275. The Labute approximate surface area is 265 Å². The van der Waals surface area contributed by atoms with Crippen molar-refractivity contribution in [3.8, 4) is 11.5 Å². The van der Waals surface area contributed by atoms with Gasteiger partial charge in [-0.25, -0.2) is 8.42 Å². The molecule has 3 aromatic rings. The van der Waals surface area contributed by atoms with Crippen molar-refractivity contribution in [3.05, 3.63) is 88.9 Å². The van der Waals surface area contributed by atoms with Gasteiger partial charge in [0.05, 0.1) is 26.2 Å². The number of halogens is 1. The van der Waals surface area contributed by atoms with Crippen LogP contribution in [-0.2, 0) is 32.6 Å². The van der Waals surface area contributed by atoms with Crippen LogP contribution in [0, 0.1) is 0 Å². The van der Waals surface area contributed by atoms with E-state index in [1.807, 2.05) is 30.3 Å². The summed E-state index contributed by atoms with van der Waals surface area (Å²) in [6, 6.07) is 20.3. The van der Waals surface area contributed by atoms with Crippen molar-refractivity contribution in [1.29, 1.82) is 0 Å². The number of hydrogen-bond donors (Lipinski definition) is 1. The molecular formula is C33H40ClN3O6S. The first-order chi connectivity index (χ1) is 21.1. The molecule has 2 amide bonds. The Hall–Kier alpha value is -3.76. The van der Waals surface area contributed by atoms with Crippen molar-refractivity contribution in [2.45, 2.75) is 57.2 Å². The highest BCUT2D eigenvalue weighted by Gasteiger charge is 2.34. The van der Waals surface area contributed by atoms with Crippen LogP contribution in [-0.4, -0.2) is 64.2 Å². The van der Waals surface area contributed by atoms with E-state index in [9.17, 15) is 18.0 Å². The lowest BCUT2D eigenvalue weighted by Crippen LogP contribution is -2.55. The predicted octanol–water partition coefficient (Wildman–Crippen LogP) is 5.21. The lowest BCUT2D eigenvalue weighted by Gasteiger charge is -2.35. The molecule has 0 bridgehead atoms. The number of methoxy groups -OCH3 is 2. The third-order valence-corrected chi connectivity index (χ3v) is 9.22. The zero-order valence-electron chi connectivity index (χ0n) is 25.4. The fourth-order valence-corrected chi connectivity index (χ4v) is 6.45. The molecule has 1 aliphatic rings. The zero-order chi connectivity index (χ0) is 31.7. The van der Waals surface area contributed by atoms with Crippen LogP contribution in [0.15, 0.2) is 72.8 Å². The summed E-state index contributed by atoms with van der Waals surface area (Å²) in [6.07, 6.45) is 6.28. The Morgan fingerprint density at radius 2 is 1.57 bits per heavy atom. The molecule has 1 fully saturated rings. The SMILES string of the molecule is COc1ccc(N(CC(=O)N(Cc2ccc(Cl)cc2)C(Cc2ccccc2)C(=O)NC2CCCCC2)S(C)(=O)=O)cc1OC. The summed E-state index contributed by atoms with van der Waals surface area (Å²) in [6.45, 7) is -0.445. The molecule has 11 heteroatoms. The molecule has 3 aromatic carbocycles. The zero-order valence-corrected chi connectivity index (χ0v) is 26.9. The highest BCUT2D eigenvalue weighted by Crippen LogP contribution is 2.32. The van der Waals surface area contributed by atoms with Crippen LogP contribution in [0.25, 0.3) is 0 Å². The van der Waals surface area contributed by atoms with Gasteiger partial charge in [0.1, 0.15) is 12.6 Å². The van der Waals surface area contributed by atoms with Gasteiger partial charge in [-0.15, -0.1) is 0 Å². The average molecular weight is 642 g/mol. The molecule has 0 aromatic heterocycles. The third kappa shape index (κ3) is 8.89. The van der Waals surface area contributed by atoms with Gasteiger partial charge in [0, 0.05) is 30.1 Å². The molecule has 1 aliphatic carbocycles. The predicted molar refractivity (Wildman–Crippen MR) is 173 cm³/mol. The standard InChI is InChI=1S/C33H40ClN3O6S/c1-42-30-19-18-28(21-31(30)43-2)37(44(3,40)41)23-32(38)36(22-25-14-16-26(34)17-15-25)29(20-24-10-6-4-7-11-24)33(39)35-27-12-8-5-9-13-27/h4,6-7,10-11,14-19,21,27,29H,5,8-9,12-13,20,22-23H2,1-3H3,(H,35,39). The fourth-order valence-electron chi connectivity index (χ4n) is 5.48. The summed E-state index contributed by atoms with van der Waals surface area (Å²) in [4.78, 5) is 29.8. The molecule has 44 heavy (non-hydrogen) atoms. The molecule has 1 saturated carbocycles. The van der Waals surface area contributed by atoms with E-state index in [0.717, 1.165) is 53.8 Å². The molecule has 4 rings (SSSR count). The van der Waals surface area contributed by atoms with Crippen molar-refractivity contribution in [1.82, 2.24) is 10.2 Å². The number of carbonyl (C=O) groups excluding carboxylic acids is 2. The van der Waals surface area contributed by atoms with Crippen molar-refractivity contribution < 1.29 is 27.5 Å². The first-order valence-electron chi connectivity index (χ1n) is 14.7. The van der Waals surface area contributed by atoms with E-state index in [2.05, 4.69) is 5.32 Å². The fraction of sp³-hybridized carbons (Fsp3) is 0.394. The Morgan fingerprint density at radius 3 is 2.18 bits per heavy atom. The molecule has 1 unspecified atom stereocenters. The molecule has 0 aliphatic heterocycles. The highest BCUT2D eigenvalue weighted by atomic mass is 35.5. The van der Waals surface area contributed by atoms with Crippen molar-refractivity contribution in [2.75, 3.05) is 31.3 Å². The maximum atomic E-state index is 14.3. The van der Waals surface area contributed by atoms with Gasteiger partial charge in [-0.05, 0) is 48.2 Å². The summed E-state index contributed by atoms with van der Waals surface area (Å²) in [7, 11) is -0.995.